The fourth-order valence-corrected chi connectivity index (χ4v) is 2.31. The summed E-state index contributed by atoms with van der Waals surface area (Å²) in [5.74, 6) is -2.98. The monoisotopic (exact) mass is 341 g/mol. The third-order valence-corrected chi connectivity index (χ3v) is 3.36. The molecule has 1 aliphatic heterocycles. The molecule has 0 aromatic carbocycles. The molecule has 0 spiro atoms. The number of carbonyl (C=O) groups is 2. The Balaban J connectivity index is 0.000000379. The number of aliphatic carboxylic acids is 2. The Kier molecular flexibility index (Phi) is 7.92. The molecule has 0 aliphatic carbocycles. The first kappa shape index (κ1) is 18.8. The first-order chi connectivity index (χ1) is 11.0. The van der Waals surface area contributed by atoms with Gasteiger partial charge in [-0.05, 0) is 25.5 Å². The smallest absolute Gasteiger partial charge is 0.414 e. The molecule has 2 N–H and O–H groups in total. The van der Waals surface area contributed by atoms with E-state index in [-0.39, 0.29) is 0 Å². The summed E-state index contributed by atoms with van der Waals surface area (Å²) < 4.78 is 14.2. The van der Waals surface area contributed by atoms with Gasteiger partial charge in [0.1, 0.15) is 5.69 Å². The Labute approximate surface area is 138 Å². The van der Waals surface area contributed by atoms with E-state index in [0.717, 1.165) is 31.6 Å². The molecule has 9 heteroatoms. The lowest BCUT2D eigenvalue weighted by Gasteiger charge is -2.22. The minimum Gasteiger partial charge on any atom is -0.475 e. The van der Waals surface area contributed by atoms with Gasteiger partial charge in [0.15, 0.2) is 0 Å². The van der Waals surface area contributed by atoms with Gasteiger partial charge >= 0.3 is 11.9 Å². The van der Waals surface area contributed by atoms with Gasteiger partial charge in [-0.3, -0.25) is 0 Å². The Morgan fingerprint density at radius 3 is 2.70 bits per heavy atom. The second-order valence-corrected chi connectivity index (χ2v) is 5.24. The number of hydrogen-bond acceptors (Lipinski definition) is 7. The van der Waals surface area contributed by atoms with Crippen molar-refractivity contribution in [2.45, 2.75) is 12.8 Å². The van der Waals surface area contributed by atoms with Crippen molar-refractivity contribution in [3.63, 3.8) is 0 Å². The molecule has 2 heterocycles. The Morgan fingerprint density at radius 1 is 1.43 bits per heavy atom. The van der Waals surface area contributed by atoms with Crippen molar-refractivity contribution >= 4 is 29.2 Å². The number of carboxylic acids is 2. The van der Waals surface area contributed by atoms with Crippen LogP contribution in [-0.4, -0.2) is 62.5 Å². The zero-order chi connectivity index (χ0) is 17.2. The van der Waals surface area contributed by atoms with E-state index in [9.17, 15) is 0 Å². The van der Waals surface area contributed by atoms with E-state index in [1.54, 1.807) is 0 Å². The fourth-order valence-electron chi connectivity index (χ4n) is 1.78. The molecule has 0 saturated carbocycles. The van der Waals surface area contributed by atoms with Crippen molar-refractivity contribution in [2.75, 3.05) is 26.7 Å². The van der Waals surface area contributed by atoms with Crippen LogP contribution in [0.25, 0.3) is 5.57 Å². The van der Waals surface area contributed by atoms with E-state index in [1.165, 1.54) is 17.3 Å². The van der Waals surface area contributed by atoms with Crippen LogP contribution in [0.1, 0.15) is 18.5 Å². The highest BCUT2D eigenvalue weighted by atomic mass is 32.1. The predicted octanol–water partition coefficient (Wildman–Crippen LogP) is 1.37. The average molecular weight is 341 g/mol. The van der Waals surface area contributed by atoms with E-state index in [1.807, 2.05) is 6.08 Å². The molecule has 126 valence electrons. The van der Waals surface area contributed by atoms with Crippen LogP contribution in [0.15, 0.2) is 18.7 Å². The third kappa shape index (κ3) is 6.57. The lowest BCUT2D eigenvalue weighted by Crippen LogP contribution is -2.25. The van der Waals surface area contributed by atoms with Gasteiger partial charge in [-0.15, -0.1) is 11.0 Å². The molecule has 1 aromatic rings. The van der Waals surface area contributed by atoms with Gasteiger partial charge in [-0.1, -0.05) is 12.2 Å². The minimum absolute atomic E-state index is 0.616. The molecule has 0 bridgehead atoms. The first-order valence-electron chi connectivity index (χ1n) is 6.86. The number of ether oxygens (including phenoxy) is 1. The lowest BCUT2D eigenvalue weighted by molar-refractivity contribution is -0.159. The maximum absolute atomic E-state index is 9.10. The van der Waals surface area contributed by atoms with Gasteiger partial charge in [-0.2, -0.15) is 4.37 Å². The van der Waals surface area contributed by atoms with E-state index < -0.39 is 11.9 Å². The number of likely N-dealkylation sites (N-methyl/N-ethyl adjacent to an activating group) is 1. The Bertz CT molecular complexity index is 573. The van der Waals surface area contributed by atoms with Crippen molar-refractivity contribution < 1.29 is 24.5 Å². The lowest BCUT2D eigenvalue weighted by atomic mass is 10.1. The highest BCUT2D eigenvalue weighted by molar-refractivity contribution is 6.99. The maximum Gasteiger partial charge on any atom is 0.414 e. The van der Waals surface area contributed by atoms with Crippen molar-refractivity contribution in [3.8, 4) is 5.88 Å². The van der Waals surface area contributed by atoms with Gasteiger partial charge in [0.25, 0.3) is 5.88 Å². The standard InChI is InChI=1S/C12H17N3OS.C2H2O4/c1-3-4-8-16-12-11(13-17-14-12)10-6-5-7-15(2)9-10;3-1(4)2(5)6/h3,6H,1,4-5,7-9H2,2H3;(H,3,4)(H,5,6). The van der Waals surface area contributed by atoms with E-state index in [4.69, 9.17) is 24.5 Å². The molecule has 1 aliphatic rings. The highest BCUT2D eigenvalue weighted by Crippen LogP contribution is 2.26. The van der Waals surface area contributed by atoms with Crippen LogP contribution in [0.3, 0.4) is 0 Å². The second kappa shape index (κ2) is 9.70. The Morgan fingerprint density at radius 2 is 2.13 bits per heavy atom. The number of carboxylic acid groups (broad SMARTS) is 2. The van der Waals surface area contributed by atoms with Gasteiger partial charge in [0.05, 0.1) is 18.3 Å². The molecule has 0 unspecified atom stereocenters. The van der Waals surface area contributed by atoms with Crippen molar-refractivity contribution in [2.24, 2.45) is 0 Å². The van der Waals surface area contributed by atoms with Gasteiger partial charge < -0.3 is 19.8 Å². The molecular formula is C14H19N3O5S. The van der Waals surface area contributed by atoms with Crippen molar-refractivity contribution in [3.05, 3.63) is 24.4 Å². The van der Waals surface area contributed by atoms with Crippen LogP contribution < -0.4 is 4.74 Å². The van der Waals surface area contributed by atoms with Gasteiger partial charge in [0.2, 0.25) is 0 Å². The largest absolute Gasteiger partial charge is 0.475 e. The highest BCUT2D eigenvalue weighted by Gasteiger charge is 2.18. The molecule has 1 aromatic heterocycles. The maximum atomic E-state index is 9.10. The summed E-state index contributed by atoms with van der Waals surface area (Å²) in [6.45, 7) is 6.31. The molecule has 8 nitrogen and oxygen atoms in total. The number of rotatable bonds is 5. The van der Waals surface area contributed by atoms with Gasteiger partial charge in [-0.25, -0.2) is 9.59 Å². The average Bonchev–Trinajstić information content (AvgIpc) is 2.96. The predicted molar refractivity (Wildman–Crippen MR) is 85.6 cm³/mol. The van der Waals surface area contributed by atoms with E-state index in [2.05, 4.69) is 33.3 Å². The summed E-state index contributed by atoms with van der Waals surface area (Å²) >= 11 is 1.21. The van der Waals surface area contributed by atoms with Crippen LogP contribution in [-0.2, 0) is 9.59 Å². The molecule has 0 radical (unpaired) electrons. The van der Waals surface area contributed by atoms with Crippen molar-refractivity contribution in [1.29, 1.82) is 0 Å². The summed E-state index contributed by atoms with van der Waals surface area (Å²) in [7, 11) is 2.12. The van der Waals surface area contributed by atoms with Crippen LogP contribution in [0.2, 0.25) is 0 Å². The molecule has 0 amide bonds. The minimum atomic E-state index is -1.82. The fraction of sp³-hybridized carbons (Fsp3) is 0.429. The third-order valence-electron chi connectivity index (χ3n) is 2.85. The zero-order valence-corrected chi connectivity index (χ0v) is 13.6. The summed E-state index contributed by atoms with van der Waals surface area (Å²) in [6.07, 6.45) is 5.97. The van der Waals surface area contributed by atoms with Crippen LogP contribution in [0.5, 0.6) is 5.88 Å². The van der Waals surface area contributed by atoms with E-state index >= 15 is 0 Å². The summed E-state index contributed by atoms with van der Waals surface area (Å²) in [4.78, 5) is 20.5. The second-order valence-electron chi connectivity index (χ2n) is 4.71. The van der Waals surface area contributed by atoms with Crippen LogP contribution in [0, 0.1) is 0 Å². The van der Waals surface area contributed by atoms with Gasteiger partial charge in [0, 0.05) is 13.1 Å². The number of aromatic nitrogens is 2. The quantitative estimate of drug-likeness (QED) is 0.469. The normalized spacial score (nSPS) is 14.2. The summed E-state index contributed by atoms with van der Waals surface area (Å²) in [5, 5.41) is 14.8. The molecular weight excluding hydrogens is 322 g/mol. The number of hydrogen-bond donors (Lipinski definition) is 2. The molecule has 0 saturated heterocycles. The summed E-state index contributed by atoms with van der Waals surface area (Å²) in [5.41, 5.74) is 2.13. The molecule has 0 fully saturated rings. The molecule has 2 rings (SSSR count). The SMILES string of the molecule is C=CCCOc1nsnc1C1=CCCN(C)C1.O=C(O)C(=O)O. The van der Waals surface area contributed by atoms with Crippen LogP contribution in [0.4, 0.5) is 0 Å². The van der Waals surface area contributed by atoms with Crippen LogP contribution >= 0.6 is 11.7 Å². The van der Waals surface area contributed by atoms with Crippen molar-refractivity contribution in [1.82, 2.24) is 13.6 Å². The molecule has 0 atom stereocenters. The molecule has 23 heavy (non-hydrogen) atoms. The topological polar surface area (TPSA) is 113 Å². The Hall–Kier alpha value is -2.26. The first-order valence-corrected chi connectivity index (χ1v) is 7.59. The zero-order valence-electron chi connectivity index (χ0n) is 12.8. The summed E-state index contributed by atoms with van der Waals surface area (Å²) in [6, 6.07) is 0. The number of nitrogens with zero attached hydrogens (tertiary/aromatic N) is 3. The van der Waals surface area contributed by atoms with E-state index in [0.29, 0.717) is 12.5 Å².